The van der Waals surface area contributed by atoms with Crippen LogP contribution in [0.25, 0.3) is 0 Å². The van der Waals surface area contributed by atoms with Gasteiger partial charge in [-0.05, 0) is 18.2 Å². The van der Waals surface area contributed by atoms with Crippen LogP contribution in [0.1, 0.15) is 10.4 Å². The molecule has 0 radical (unpaired) electrons. The van der Waals surface area contributed by atoms with Crippen molar-refractivity contribution in [3.05, 3.63) is 28.8 Å². The van der Waals surface area contributed by atoms with E-state index in [2.05, 4.69) is 5.32 Å². The molecule has 1 atom stereocenters. The molecule has 0 aliphatic carbocycles. The number of benzene rings is 1. The molecule has 1 saturated heterocycles. The van der Waals surface area contributed by atoms with E-state index < -0.39 is 6.04 Å². The summed E-state index contributed by atoms with van der Waals surface area (Å²) in [7, 11) is 1.52. The Bertz CT molecular complexity index is 536. The number of hydrogen-bond donors (Lipinski definition) is 2. The highest BCUT2D eigenvalue weighted by Crippen LogP contribution is 2.22. The van der Waals surface area contributed by atoms with Crippen LogP contribution >= 0.6 is 11.6 Å². The van der Waals surface area contributed by atoms with E-state index in [1.54, 1.807) is 12.1 Å². The normalized spacial score (nSPS) is 18.7. The van der Waals surface area contributed by atoms with Gasteiger partial charge < -0.3 is 20.7 Å². The fourth-order valence-corrected chi connectivity index (χ4v) is 2.29. The van der Waals surface area contributed by atoms with E-state index in [0.717, 1.165) is 0 Å². The number of nitrogens with one attached hydrogen (secondary N) is 1. The van der Waals surface area contributed by atoms with Crippen molar-refractivity contribution in [2.24, 2.45) is 0 Å². The lowest BCUT2D eigenvalue weighted by molar-refractivity contribution is -0.130. The van der Waals surface area contributed by atoms with Crippen LogP contribution in [0.4, 0.5) is 5.69 Å². The van der Waals surface area contributed by atoms with Crippen molar-refractivity contribution >= 4 is 29.1 Å². The maximum Gasteiger partial charge on any atom is 0.256 e. The van der Waals surface area contributed by atoms with Crippen LogP contribution in [0.2, 0.25) is 5.02 Å². The zero-order valence-corrected chi connectivity index (χ0v) is 11.8. The number of hydrogen-bond acceptors (Lipinski definition) is 4. The molecule has 1 aromatic carbocycles. The molecule has 0 aromatic heterocycles. The molecule has 1 aromatic rings. The molecular formula is C13H16ClN3O3. The monoisotopic (exact) mass is 297 g/mol. The third-order valence-electron chi connectivity index (χ3n) is 3.16. The van der Waals surface area contributed by atoms with E-state index in [0.29, 0.717) is 29.4 Å². The standard InChI is InChI=1S/C13H16ClN3O3/c1-16-12(18)11-7-20-5-4-17(11)13(19)9-6-8(15)2-3-10(9)14/h2-3,6,11H,4-5,7,15H2,1H3,(H,16,18). The number of nitrogens with two attached hydrogens (primary N) is 1. The molecule has 108 valence electrons. The van der Waals surface area contributed by atoms with Gasteiger partial charge in [0.1, 0.15) is 6.04 Å². The summed E-state index contributed by atoms with van der Waals surface area (Å²) in [5.41, 5.74) is 6.42. The summed E-state index contributed by atoms with van der Waals surface area (Å²) in [4.78, 5) is 25.8. The lowest BCUT2D eigenvalue weighted by Crippen LogP contribution is -2.55. The molecule has 6 nitrogen and oxygen atoms in total. The lowest BCUT2D eigenvalue weighted by Gasteiger charge is -2.34. The van der Waals surface area contributed by atoms with Crippen LogP contribution in [-0.2, 0) is 9.53 Å². The Morgan fingerprint density at radius 3 is 2.95 bits per heavy atom. The molecule has 1 unspecified atom stereocenters. The number of ether oxygens (including phenoxy) is 1. The summed E-state index contributed by atoms with van der Waals surface area (Å²) in [6, 6.07) is 4.05. The van der Waals surface area contributed by atoms with Gasteiger partial charge in [0, 0.05) is 19.3 Å². The second-order valence-electron chi connectivity index (χ2n) is 4.44. The number of anilines is 1. The quantitative estimate of drug-likeness (QED) is 0.779. The maximum atomic E-state index is 12.6. The van der Waals surface area contributed by atoms with Crippen LogP contribution in [0.5, 0.6) is 0 Å². The van der Waals surface area contributed by atoms with Gasteiger partial charge in [-0.2, -0.15) is 0 Å². The van der Waals surface area contributed by atoms with Crippen molar-refractivity contribution in [1.29, 1.82) is 0 Å². The fraction of sp³-hybridized carbons (Fsp3) is 0.385. The second kappa shape index (κ2) is 6.11. The minimum atomic E-state index is -0.654. The first-order valence-electron chi connectivity index (χ1n) is 6.20. The second-order valence-corrected chi connectivity index (χ2v) is 4.85. The van der Waals surface area contributed by atoms with Crippen molar-refractivity contribution in [2.45, 2.75) is 6.04 Å². The highest BCUT2D eigenvalue weighted by atomic mass is 35.5. The molecule has 1 heterocycles. The van der Waals surface area contributed by atoms with Gasteiger partial charge in [-0.25, -0.2) is 0 Å². The van der Waals surface area contributed by atoms with Crippen molar-refractivity contribution in [3.8, 4) is 0 Å². The van der Waals surface area contributed by atoms with E-state index in [-0.39, 0.29) is 18.4 Å². The molecular weight excluding hydrogens is 282 g/mol. The molecule has 0 spiro atoms. The predicted octanol–water partition coefficient (Wildman–Crippen LogP) is 0.509. The number of morpholine rings is 1. The molecule has 3 N–H and O–H groups in total. The van der Waals surface area contributed by atoms with E-state index in [1.165, 1.54) is 18.0 Å². The SMILES string of the molecule is CNC(=O)C1COCCN1C(=O)c1cc(N)ccc1Cl. The number of nitrogen functional groups attached to an aromatic ring is 1. The van der Waals surface area contributed by atoms with Crippen LogP contribution in [0, 0.1) is 0 Å². The average Bonchev–Trinajstić information content (AvgIpc) is 2.48. The maximum absolute atomic E-state index is 12.6. The van der Waals surface area contributed by atoms with Crippen LogP contribution in [0.3, 0.4) is 0 Å². The first-order valence-corrected chi connectivity index (χ1v) is 6.57. The molecule has 2 rings (SSSR count). The number of halogens is 1. The minimum Gasteiger partial charge on any atom is -0.399 e. The molecule has 1 aliphatic heterocycles. The Morgan fingerprint density at radius 1 is 1.50 bits per heavy atom. The summed E-state index contributed by atoms with van der Waals surface area (Å²) in [5.74, 6) is -0.586. The third-order valence-corrected chi connectivity index (χ3v) is 3.49. The average molecular weight is 298 g/mol. The Labute approximate surface area is 121 Å². The van der Waals surface area contributed by atoms with Gasteiger partial charge in [-0.1, -0.05) is 11.6 Å². The molecule has 1 fully saturated rings. The third kappa shape index (κ3) is 2.86. The number of carbonyl (C=O) groups is 2. The van der Waals surface area contributed by atoms with Crippen molar-refractivity contribution in [1.82, 2.24) is 10.2 Å². The van der Waals surface area contributed by atoms with Crippen LogP contribution < -0.4 is 11.1 Å². The predicted molar refractivity (Wildman–Crippen MR) is 75.6 cm³/mol. The van der Waals surface area contributed by atoms with E-state index in [1.807, 2.05) is 0 Å². The van der Waals surface area contributed by atoms with Crippen molar-refractivity contribution in [2.75, 3.05) is 32.5 Å². The van der Waals surface area contributed by atoms with E-state index >= 15 is 0 Å². The zero-order chi connectivity index (χ0) is 14.7. The van der Waals surface area contributed by atoms with Gasteiger partial charge in [0.05, 0.1) is 23.8 Å². The van der Waals surface area contributed by atoms with Gasteiger partial charge >= 0.3 is 0 Å². The van der Waals surface area contributed by atoms with E-state index in [4.69, 9.17) is 22.1 Å². The van der Waals surface area contributed by atoms with Crippen LogP contribution in [-0.4, -0.2) is 49.6 Å². The molecule has 0 saturated carbocycles. The summed E-state index contributed by atoms with van der Waals surface area (Å²) in [6.45, 7) is 0.895. The minimum absolute atomic E-state index is 0.172. The Kier molecular flexibility index (Phi) is 4.46. The fourth-order valence-electron chi connectivity index (χ4n) is 2.09. The Balaban J connectivity index is 2.30. The molecule has 1 aliphatic rings. The van der Waals surface area contributed by atoms with Crippen molar-refractivity contribution < 1.29 is 14.3 Å². The summed E-state index contributed by atoms with van der Waals surface area (Å²) < 4.78 is 5.26. The van der Waals surface area contributed by atoms with Gasteiger partial charge in [0.2, 0.25) is 5.91 Å². The zero-order valence-electron chi connectivity index (χ0n) is 11.1. The summed E-state index contributed by atoms with van der Waals surface area (Å²) in [6.07, 6.45) is 0. The van der Waals surface area contributed by atoms with Crippen LogP contribution in [0.15, 0.2) is 18.2 Å². The summed E-state index contributed by atoms with van der Waals surface area (Å²) >= 11 is 6.04. The molecule has 2 amide bonds. The van der Waals surface area contributed by atoms with Crippen molar-refractivity contribution in [3.63, 3.8) is 0 Å². The van der Waals surface area contributed by atoms with Gasteiger partial charge in [-0.3, -0.25) is 9.59 Å². The smallest absolute Gasteiger partial charge is 0.256 e. The highest BCUT2D eigenvalue weighted by molar-refractivity contribution is 6.34. The number of amides is 2. The number of rotatable bonds is 2. The lowest BCUT2D eigenvalue weighted by atomic mass is 10.1. The topological polar surface area (TPSA) is 84.7 Å². The number of likely N-dealkylation sites (N-methyl/N-ethyl adjacent to an activating group) is 1. The molecule has 7 heteroatoms. The number of carbonyl (C=O) groups excluding carboxylic acids is 2. The summed E-state index contributed by atoms with van der Waals surface area (Å²) in [5, 5.41) is 2.84. The largest absolute Gasteiger partial charge is 0.399 e. The number of nitrogens with zero attached hydrogens (tertiary/aromatic N) is 1. The van der Waals surface area contributed by atoms with Gasteiger partial charge in [0.15, 0.2) is 0 Å². The Hall–Kier alpha value is -1.79. The Morgan fingerprint density at radius 2 is 2.25 bits per heavy atom. The first-order chi connectivity index (χ1) is 9.54. The van der Waals surface area contributed by atoms with Gasteiger partial charge in [0.25, 0.3) is 5.91 Å². The van der Waals surface area contributed by atoms with E-state index in [9.17, 15) is 9.59 Å². The molecule has 20 heavy (non-hydrogen) atoms. The first kappa shape index (κ1) is 14.6. The molecule has 0 bridgehead atoms. The van der Waals surface area contributed by atoms with Gasteiger partial charge in [-0.15, -0.1) is 0 Å². The highest BCUT2D eigenvalue weighted by Gasteiger charge is 2.33.